The highest BCUT2D eigenvalue weighted by molar-refractivity contribution is 8.00. The van der Waals surface area contributed by atoms with Gasteiger partial charge in [-0.3, -0.25) is 9.36 Å². The summed E-state index contributed by atoms with van der Waals surface area (Å²) >= 11 is 19.5. The van der Waals surface area contributed by atoms with E-state index in [1.807, 2.05) is 25.1 Å². The Balaban J connectivity index is 1.44. The molecule has 0 bridgehead atoms. The van der Waals surface area contributed by atoms with Crippen LogP contribution in [0.25, 0.3) is 0 Å². The number of amides is 1. The van der Waals surface area contributed by atoms with E-state index in [1.54, 1.807) is 24.3 Å². The number of nitrogens with zero attached hydrogens (tertiary/aromatic N) is 3. The van der Waals surface area contributed by atoms with Crippen molar-refractivity contribution in [3.8, 4) is 5.75 Å². The number of carbonyl (C=O) groups excluding carboxylic acids is 1. The monoisotopic (exact) mass is 496 g/mol. The van der Waals surface area contributed by atoms with Crippen molar-refractivity contribution in [3.63, 3.8) is 0 Å². The number of hydrogen-bond donors (Lipinski definition) is 1. The largest absolute Gasteiger partial charge is 0.484 e. The van der Waals surface area contributed by atoms with Gasteiger partial charge in [0.25, 0.3) is 0 Å². The Labute approximate surface area is 199 Å². The summed E-state index contributed by atoms with van der Waals surface area (Å²) in [6, 6.07) is 12.5. The minimum atomic E-state index is -0.406. The molecule has 1 unspecified atom stereocenters. The zero-order valence-electron chi connectivity index (χ0n) is 16.5. The Kier molecular flexibility index (Phi) is 6.96. The van der Waals surface area contributed by atoms with E-state index in [9.17, 15) is 4.79 Å². The van der Waals surface area contributed by atoms with Gasteiger partial charge in [0.2, 0.25) is 5.91 Å². The quantitative estimate of drug-likeness (QED) is 0.371. The van der Waals surface area contributed by atoms with Gasteiger partial charge in [-0.1, -0.05) is 58.7 Å². The number of anilines is 1. The first-order valence-electron chi connectivity index (χ1n) is 9.65. The average Bonchev–Trinajstić information content (AvgIpc) is 3.47. The van der Waals surface area contributed by atoms with Gasteiger partial charge in [-0.15, -0.1) is 10.2 Å². The highest BCUT2D eigenvalue weighted by Crippen LogP contribution is 2.40. The molecule has 162 valence electrons. The second-order valence-corrected chi connectivity index (χ2v) is 9.71. The predicted octanol–water partition coefficient (Wildman–Crippen LogP) is 6.27. The molecule has 1 heterocycles. The molecule has 0 aliphatic heterocycles. The maximum atomic E-state index is 12.7. The van der Waals surface area contributed by atoms with Crippen molar-refractivity contribution < 1.29 is 9.53 Å². The highest BCUT2D eigenvalue weighted by Gasteiger charge is 2.31. The number of ether oxygens (including phenoxy) is 1. The third kappa shape index (κ3) is 5.66. The normalized spacial score (nSPS) is 14.3. The van der Waals surface area contributed by atoms with E-state index in [1.165, 1.54) is 11.8 Å². The standard InChI is InChI=1S/C21H19Cl3N4O2S/c1-12(20(29)25-15-9-13(22)8-14(23)10-15)31-21-27-26-19(28(21)16-6-7-16)11-30-18-5-3-2-4-17(18)24/h2-5,8-10,12,16H,6-7,11H2,1H3,(H,25,29). The van der Waals surface area contributed by atoms with E-state index in [-0.39, 0.29) is 12.5 Å². The van der Waals surface area contributed by atoms with Gasteiger partial charge in [-0.05, 0) is 50.1 Å². The van der Waals surface area contributed by atoms with Gasteiger partial charge in [0.15, 0.2) is 11.0 Å². The lowest BCUT2D eigenvalue weighted by atomic mass is 10.3. The van der Waals surface area contributed by atoms with Crippen LogP contribution in [0.5, 0.6) is 5.75 Å². The number of thioether (sulfide) groups is 1. The number of rotatable bonds is 8. The number of nitrogens with one attached hydrogen (secondary N) is 1. The summed E-state index contributed by atoms with van der Waals surface area (Å²) in [5.74, 6) is 1.12. The number of hydrogen-bond acceptors (Lipinski definition) is 5. The smallest absolute Gasteiger partial charge is 0.237 e. The Morgan fingerprint density at radius 2 is 1.90 bits per heavy atom. The summed E-state index contributed by atoms with van der Waals surface area (Å²) in [6.07, 6.45) is 2.10. The van der Waals surface area contributed by atoms with Gasteiger partial charge in [0.1, 0.15) is 12.4 Å². The third-order valence-electron chi connectivity index (χ3n) is 4.62. The van der Waals surface area contributed by atoms with Crippen molar-refractivity contribution in [2.24, 2.45) is 0 Å². The fourth-order valence-electron chi connectivity index (χ4n) is 2.97. The topological polar surface area (TPSA) is 69.0 Å². The zero-order valence-corrected chi connectivity index (χ0v) is 19.6. The van der Waals surface area contributed by atoms with Crippen LogP contribution < -0.4 is 10.1 Å². The number of benzene rings is 2. The Morgan fingerprint density at radius 3 is 2.58 bits per heavy atom. The van der Waals surface area contributed by atoms with E-state index >= 15 is 0 Å². The molecule has 3 aromatic rings. The first-order valence-corrected chi connectivity index (χ1v) is 11.7. The van der Waals surface area contributed by atoms with Crippen molar-refractivity contribution >= 4 is 58.2 Å². The zero-order chi connectivity index (χ0) is 22.0. The van der Waals surface area contributed by atoms with E-state index in [0.717, 1.165) is 12.8 Å². The summed E-state index contributed by atoms with van der Waals surface area (Å²) in [7, 11) is 0. The Morgan fingerprint density at radius 1 is 1.19 bits per heavy atom. The highest BCUT2D eigenvalue weighted by atomic mass is 35.5. The molecule has 1 aliphatic rings. The number of aromatic nitrogens is 3. The average molecular weight is 498 g/mol. The second-order valence-electron chi connectivity index (χ2n) is 7.13. The molecule has 1 aromatic heterocycles. The van der Waals surface area contributed by atoms with E-state index in [2.05, 4.69) is 20.1 Å². The van der Waals surface area contributed by atoms with Crippen LogP contribution in [-0.4, -0.2) is 25.9 Å². The molecule has 31 heavy (non-hydrogen) atoms. The lowest BCUT2D eigenvalue weighted by molar-refractivity contribution is -0.115. The fourth-order valence-corrected chi connectivity index (χ4v) is 4.63. The van der Waals surface area contributed by atoms with Crippen LogP contribution in [0, 0.1) is 0 Å². The van der Waals surface area contributed by atoms with Gasteiger partial charge in [0.05, 0.1) is 10.3 Å². The fraction of sp³-hybridized carbons (Fsp3) is 0.286. The van der Waals surface area contributed by atoms with Crippen molar-refractivity contribution in [3.05, 3.63) is 63.4 Å². The first-order chi connectivity index (χ1) is 14.9. The van der Waals surface area contributed by atoms with Crippen LogP contribution in [0.2, 0.25) is 15.1 Å². The van der Waals surface area contributed by atoms with E-state index < -0.39 is 5.25 Å². The van der Waals surface area contributed by atoms with E-state index in [4.69, 9.17) is 39.5 Å². The Hall–Kier alpha value is -1.93. The van der Waals surface area contributed by atoms with Crippen molar-refractivity contribution in [2.75, 3.05) is 5.32 Å². The first kappa shape index (κ1) is 22.3. The molecule has 0 radical (unpaired) electrons. The van der Waals surface area contributed by atoms with Crippen molar-refractivity contribution in [1.82, 2.24) is 14.8 Å². The van der Waals surface area contributed by atoms with Crippen molar-refractivity contribution in [2.45, 2.75) is 42.8 Å². The van der Waals surface area contributed by atoms with Crippen LogP contribution in [0.1, 0.15) is 31.6 Å². The SMILES string of the molecule is CC(Sc1nnc(COc2ccccc2Cl)n1C1CC1)C(=O)Nc1cc(Cl)cc(Cl)c1. The predicted molar refractivity (Wildman–Crippen MR) is 124 cm³/mol. The minimum Gasteiger partial charge on any atom is -0.484 e. The van der Waals surface area contributed by atoms with Crippen molar-refractivity contribution in [1.29, 1.82) is 0 Å². The number of halogens is 3. The summed E-state index contributed by atoms with van der Waals surface area (Å²) in [4.78, 5) is 12.7. The molecular weight excluding hydrogens is 479 g/mol. The maximum Gasteiger partial charge on any atom is 0.237 e. The number of carbonyl (C=O) groups is 1. The molecule has 1 atom stereocenters. The molecule has 4 rings (SSSR count). The number of para-hydroxylation sites is 1. The molecule has 0 saturated heterocycles. The van der Waals surface area contributed by atoms with Crippen LogP contribution >= 0.6 is 46.6 Å². The lowest BCUT2D eigenvalue weighted by Crippen LogP contribution is -2.23. The minimum absolute atomic E-state index is 0.178. The lowest BCUT2D eigenvalue weighted by Gasteiger charge is -2.14. The molecule has 1 N–H and O–H groups in total. The molecule has 1 aliphatic carbocycles. The molecule has 6 nitrogen and oxygen atoms in total. The molecular formula is C21H19Cl3N4O2S. The van der Waals surface area contributed by atoms with Gasteiger partial charge in [-0.25, -0.2) is 0 Å². The van der Waals surface area contributed by atoms with Crippen LogP contribution in [-0.2, 0) is 11.4 Å². The van der Waals surface area contributed by atoms with Gasteiger partial charge < -0.3 is 10.1 Å². The maximum absolute atomic E-state index is 12.7. The van der Waals surface area contributed by atoms with Gasteiger partial charge >= 0.3 is 0 Å². The summed E-state index contributed by atoms with van der Waals surface area (Å²) in [5, 5.41) is 13.2. The second kappa shape index (κ2) is 9.69. The van der Waals surface area contributed by atoms with Gasteiger partial charge in [-0.2, -0.15) is 0 Å². The summed E-state index contributed by atoms with van der Waals surface area (Å²) in [5.41, 5.74) is 0.549. The molecule has 1 saturated carbocycles. The van der Waals surface area contributed by atoms with Crippen LogP contribution in [0.4, 0.5) is 5.69 Å². The van der Waals surface area contributed by atoms with E-state index in [0.29, 0.717) is 43.5 Å². The third-order valence-corrected chi connectivity index (χ3v) is 6.43. The summed E-state index contributed by atoms with van der Waals surface area (Å²) < 4.78 is 7.90. The molecule has 2 aromatic carbocycles. The summed E-state index contributed by atoms with van der Waals surface area (Å²) in [6.45, 7) is 2.06. The van der Waals surface area contributed by atoms with Gasteiger partial charge in [0, 0.05) is 21.8 Å². The molecule has 1 fully saturated rings. The Bertz CT molecular complexity index is 1080. The molecule has 0 spiro atoms. The van der Waals surface area contributed by atoms with Crippen LogP contribution in [0.15, 0.2) is 47.6 Å². The molecule has 1 amide bonds. The van der Waals surface area contributed by atoms with Crippen LogP contribution in [0.3, 0.4) is 0 Å². The molecule has 10 heteroatoms.